The predicted octanol–water partition coefficient (Wildman–Crippen LogP) is 4.58. The highest BCUT2D eigenvalue weighted by Gasteiger charge is 2.61. The largest absolute Gasteiger partial charge is 0.430 e. The molecule has 3 aromatic rings. The number of benzene rings is 1. The van der Waals surface area contributed by atoms with E-state index < -0.39 is 69.5 Å². The fourth-order valence-corrected chi connectivity index (χ4v) is 3.72. The van der Waals surface area contributed by atoms with Crippen molar-refractivity contribution >= 4 is 11.5 Å². The fourth-order valence-electron chi connectivity index (χ4n) is 3.72. The van der Waals surface area contributed by atoms with E-state index in [2.05, 4.69) is 15.2 Å². The molecule has 7 nitrogen and oxygen atoms in total. The van der Waals surface area contributed by atoms with E-state index in [0.717, 1.165) is 12.1 Å². The Kier molecular flexibility index (Phi) is 5.82. The SMILES string of the molecule is Nc1cc(C(F)(F)F)c2nc1-c1nnc(o1)C(O)(C(F)(F)F)c1cc(ccc1F)CCCCC2=O. The van der Waals surface area contributed by atoms with E-state index in [9.17, 15) is 40.6 Å². The lowest BCUT2D eigenvalue weighted by molar-refractivity contribution is -0.256. The van der Waals surface area contributed by atoms with Gasteiger partial charge in [0.15, 0.2) is 11.5 Å². The molecule has 1 aliphatic rings. The van der Waals surface area contributed by atoms with Crippen molar-refractivity contribution in [2.75, 3.05) is 5.73 Å². The van der Waals surface area contributed by atoms with Gasteiger partial charge in [-0.3, -0.25) is 4.79 Å². The number of aryl methyl sites for hydroxylation is 1. The number of nitrogens with zero attached hydrogens (tertiary/aromatic N) is 3. The predicted molar refractivity (Wildman–Crippen MR) is 104 cm³/mol. The molecule has 0 saturated carbocycles. The Morgan fingerprint density at radius 3 is 2.34 bits per heavy atom. The summed E-state index contributed by atoms with van der Waals surface area (Å²) in [6.07, 6.45) is -10.7. The molecule has 3 heterocycles. The van der Waals surface area contributed by atoms with Gasteiger partial charge in [-0.2, -0.15) is 26.3 Å². The van der Waals surface area contributed by atoms with E-state index in [1.807, 2.05) is 0 Å². The lowest BCUT2D eigenvalue weighted by Crippen LogP contribution is -2.44. The first kappa shape index (κ1) is 24.6. The molecule has 0 amide bonds. The average molecular weight is 504 g/mol. The normalized spacial score (nSPS) is 19.3. The number of carbonyl (C=O) groups is 1. The quantitative estimate of drug-likeness (QED) is 0.431. The Morgan fingerprint density at radius 2 is 1.69 bits per heavy atom. The van der Waals surface area contributed by atoms with Crippen LogP contribution in [0.25, 0.3) is 11.6 Å². The lowest BCUT2D eigenvalue weighted by Gasteiger charge is -2.28. The molecule has 0 spiro atoms. The first-order valence-electron chi connectivity index (χ1n) is 10.1. The van der Waals surface area contributed by atoms with Gasteiger partial charge >= 0.3 is 12.4 Å². The maximum absolute atomic E-state index is 14.5. The van der Waals surface area contributed by atoms with Crippen LogP contribution in [0.2, 0.25) is 0 Å². The number of carbonyl (C=O) groups excluding carboxylic acids is 1. The average Bonchev–Trinajstić information content (AvgIpc) is 3.25. The van der Waals surface area contributed by atoms with Crippen LogP contribution in [0.1, 0.15) is 52.3 Å². The molecule has 35 heavy (non-hydrogen) atoms. The van der Waals surface area contributed by atoms with E-state index in [1.165, 1.54) is 6.07 Å². The minimum Gasteiger partial charge on any atom is -0.415 e. The summed E-state index contributed by atoms with van der Waals surface area (Å²) in [7, 11) is 0. The molecule has 1 aromatic carbocycles. The monoisotopic (exact) mass is 504 g/mol. The van der Waals surface area contributed by atoms with Crippen LogP contribution in [0.15, 0.2) is 28.7 Å². The van der Waals surface area contributed by atoms with Gasteiger partial charge in [-0.05, 0) is 43.0 Å². The van der Waals surface area contributed by atoms with Gasteiger partial charge < -0.3 is 15.3 Å². The summed E-state index contributed by atoms with van der Waals surface area (Å²) in [6.45, 7) is 0. The number of rotatable bonds is 0. The number of nitrogen functional groups attached to an aromatic ring is 1. The molecule has 4 rings (SSSR count). The molecular weight excluding hydrogens is 489 g/mol. The second-order valence-corrected chi connectivity index (χ2v) is 7.89. The van der Waals surface area contributed by atoms with Gasteiger partial charge in [0.1, 0.15) is 11.5 Å². The zero-order valence-electron chi connectivity index (χ0n) is 17.5. The lowest BCUT2D eigenvalue weighted by atomic mass is 9.90. The summed E-state index contributed by atoms with van der Waals surface area (Å²) in [5.41, 5.74) is -3.40. The Morgan fingerprint density at radius 1 is 1.00 bits per heavy atom. The molecule has 186 valence electrons. The van der Waals surface area contributed by atoms with Crippen molar-refractivity contribution in [1.82, 2.24) is 15.2 Å². The third-order valence-electron chi connectivity index (χ3n) is 5.51. The Balaban J connectivity index is 1.99. The Bertz CT molecular complexity index is 1300. The zero-order chi connectivity index (χ0) is 25.8. The molecule has 0 aliphatic carbocycles. The van der Waals surface area contributed by atoms with Crippen molar-refractivity contribution in [2.24, 2.45) is 0 Å². The minimum atomic E-state index is -5.55. The van der Waals surface area contributed by atoms with Crippen LogP contribution in [-0.2, 0) is 18.2 Å². The molecule has 0 saturated heterocycles. The summed E-state index contributed by atoms with van der Waals surface area (Å²) in [6, 6.07) is 3.07. The van der Waals surface area contributed by atoms with Crippen molar-refractivity contribution in [2.45, 2.75) is 43.6 Å². The highest BCUT2D eigenvalue weighted by atomic mass is 19.4. The van der Waals surface area contributed by atoms with Gasteiger partial charge in [0.05, 0.1) is 11.3 Å². The molecule has 2 aromatic heterocycles. The Hall–Kier alpha value is -3.55. The molecule has 0 radical (unpaired) electrons. The second kappa shape index (κ2) is 8.29. The van der Waals surface area contributed by atoms with E-state index in [1.54, 1.807) is 0 Å². The smallest absolute Gasteiger partial charge is 0.415 e. The number of pyridine rings is 1. The number of hydrogen-bond donors (Lipinski definition) is 2. The van der Waals surface area contributed by atoms with E-state index >= 15 is 0 Å². The first-order chi connectivity index (χ1) is 16.2. The third-order valence-corrected chi connectivity index (χ3v) is 5.51. The van der Waals surface area contributed by atoms with E-state index in [-0.39, 0.29) is 31.2 Å². The number of anilines is 1. The van der Waals surface area contributed by atoms with E-state index in [4.69, 9.17) is 10.2 Å². The molecule has 1 atom stereocenters. The third kappa shape index (κ3) is 4.22. The summed E-state index contributed by atoms with van der Waals surface area (Å²) in [5, 5.41) is 17.2. The van der Waals surface area contributed by atoms with Gasteiger partial charge in [-0.1, -0.05) is 6.07 Å². The van der Waals surface area contributed by atoms with Crippen LogP contribution in [0.5, 0.6) is 0 Å². The van der Waals surface area contributed by atoms with E-state index in [0.29, 0.717) is 6.07 Å². The minimum absolute atomic E-state index is 0.0378. The molecular formula is C21H15F7N4O3. The summed E-state index contributed by atoms with van der Waals surface area (Å²) < 4.78 is 102. The van der Waals surface area contributed by atoms with Crippen LogP contribution in [0, 0.1) is 5.82 Å². The van der Waals surface area contributed by atoms with Crippen LogP contribution >= 0.6 is 0 Å². The molecule has 0 fully saturated rings. The van der Waals surface area contributed by atoms with Crippen LogP contribution in [0.3, 0.4) is 0 Å². The topological polar surface area (TPSA) is 115 Å². The number of halogens is 7. The van der Waals surface area contributed by atoms with Gasteiger partial charge in [0.2, 0.25) is 0 Å². The van der Waals surface area contributed by atoms with Crippen molar-refractivity contribution in [1.29, 1.82) is 0 Å². The highest BCUT2D eigenvalue weighted by molar-refractivity contribution is 5.97. The van der Waals surface area contributed by atoms with Gasteiger partial charge in [-0.15, -0.1) is 10.2 Å². The maximum atomic E-state index is 14.5. The van der Waals surface area contributed by atoms with Gasteiger partial charge in [0, 0.05) is 12.0 Å². The number of Topliss-reactive ketones (excluding diaryl/α,β-unsaturated/α-hetero) is 1. The first-order valence-corrected chi connectivity index (χ1v) is 10.1. The number of aromatic nitrogens is 3. The zero-order valence-corrected chi connectivity index (χ0v) is 17.5. The number of aliphatic hydroxyl groups is 1. The number of ketones is 1. The molecule has 3 N–H and O–H groups in total. The van der Waals surface area contributed by atoms with Crippen LogP contribution in [0.4, 0.5) is 36.4 Å². The maximum Gasteiger partial charge on any atom is 0.430 e. The molecule has 14 heteroatoms. The van der Waals surface area contributed by atoms with Crippen LogP contribution < -0.4 is 5.73 Å². The number of nitrogens with two attached hydrogens (primary N) is 1. The van der Waals surface area contributed by atoms with Crippen LogP contribution in [-0.4, -0.2) is 32.2 Å². The van der Waals surface area contributed by atoms with Crippen molar-refractivity contribution < 1.29 is 45.1 Å². The highest BCUT2D eigenvalue weighted by Crippen LogP contribution is 2.46. The molecule has 1 unspecified atom stereocenters. The molecule has 6 bridgehead atoms. The number of fused-ring (bicyclic) bond motifs is 7. The summed E-state index contributed by atoms with van der Waals surface area (Å²) in [4.78, 5) is 16.2. The summed E-state index contributed by atoms with van der Waals surface area (Å²) in [5.74, 6) is -4.82. The fraction of sp³-hybridized carbons (Fsp3) is 0.333. The Labute approximate surface area is 191 Å². The molecule has 1 aliphatic heterocycles. The van der Waals surface area contributed by atoms with Crippen molar-refractivity contribution in [3.8, 4) is 11.6 Å². The van der Waals surface area contributed by atoms with Crippen molar-refractivity contribution in [3.05, 3.63) is 58.4 Å². The number of hydrogen-bond acceptors (Lipinski definition) is 7. The number of alkyl halides is 6. The standard InChI is InChI=1S/C21H15F7N4O3/c22-12-6-5-9-3-1-2-4-14(33)15-11(20(23,24)25)8-13(29)16(30-15)17-31-32-18(35-17)19(34,10(12)7-9)21(26,27)28/h5-8,34H,1-4,29H2. The van der Waals surface area contributed by atoms with Crippen molar-refractivity contribution in [3.63, 3.8) is 0 Å². The van der Waals surface area contributed by atoms with Gasteiger partial charge in [-0.25, -0.2) is 9.37 Å². The summed E-state index contributed by atoms with van der Waals surface area (Å²) >= 11 is 0. The van der Waals surface area contributed by atoms with Gasteiger partial charge in [0.25, 0.3) is 17.4 Å². The second-order valence-electron chi connectivity index (χ2n) is 7.89.